The van der Waals surface area contributed by atoms with Gasteiger partial charge in [0.1, 0.15) is 0 Å². The summed E-state index contributed by atoms with van der Waals surface area (Å²) >= 11 is 0. The van der Waals surface area contributed by atoms with Gasteiger partial charge >= 0.3 is 11.8 Å². The van der Waals surface area contributed by atoms with E-state index >= 15 is 0 Å². The van der Waals surface area contributed by atoms with Gasteiger partial charge in [-0.2, -0.15) is 22.0 Å². The molecule has 0 heterocycles. The van der Waals surface area contributed by atoms with E-state index in [1.165, 1.54) is 13.3 Å². The van der Waals surface area contributed by atoms with Gasteiger partial charge in [0.25, 0.3) is 0 Å². The fourth-order valence-electron chi connectivity index (χ4n) is 4.52. The third-order valence-electron chi connectivity index (χ3n) is 6.44. The van der Waals surface area contributed by atoms with Crippen LogP contribution >= 0.6 is 0 Å². The zero-order chi connectivity index (χ0) is 22.8. The Labute approximate surface area is 179 Å². The van der Waals surface area contributed by atoms with Crippen LogP contribution in [-0.2, 0) is 0 Å². The topological polar surface area (TPSA) is 9.23 Å². The van der Waals surface area contributed by atoms with Crippen molar-refractivity contribution in [2.75, 3.05) is 6.61 Å². The average molecular weight is 446 g/mol. The highest BCUT2D eigenvalue weighted by molar-refractivity contribution is 5.76. The minimum absolute atomic E-state index is 0.202. The molecule has 1 aromatic rings. The minimum atomic E-state index is -4.65. The standard InChI is InChI=1S/C24H28F6O/c1-3-5-15-6-8-16(9-7-15)14-31-20-13-11-18(21(25)22(20)26)19-12-10-17(4-2)23(27,28)24(19,29)30/h10-13,15-16H,3-9,14H2,1-2H3. The zero-order valence-electron chi connectivity index (χ0n) is 17.8. The Morgan fingerprint density at radius 2 is 1.52 bits per heavy atom. The monoisotopic (exact) mass is 446 g/mol. The second-order valence-corrected chi connectivity index (χ2v) is 8.50. The first kappa shape index (κ1) is 23.7. The summed E-state index contributed by atoms with van der Waals surface area (Å²) < 4.78 is 92.0. The molecule has 1 saturated carbocycles. The summed E-state index contributed by atoms with van der Waals surface area (Å²) in [4.78, 5) is 0. The third kappa shape index (κ3) is 4.51. The molecule has 0 aliphatic heterocycles. The number of benzene rings is 1. The van der Waals surface area contributed by atoms with Crippen molar-refractivity contribution < 1.29 is 31.1 Å². The highest BCUT2D eigenvalue weighted by Gasteiger charge is 2.62. The molecule has 172 valence electrons. The van der Waals surface area contributed by atoms with Crippen LogP contribution in [0.1, 0.15) is 64.4 Å². The van der Waals surface area contributed by atoms with Crippen LogP contribution in [0.5, 0.6) is 5.75 Å². The van der Waals surface area contributed by atoms with Gasteiger partial charge in [0, 0.05) is 16.7 Å². The molecule has 1 fully saturated rings. The van der Waals surface area contributed by atoms with Gasteiger partial charge in [0.2, 0.25) is 5.82 Å². The van der Waals surface area contributed by atoms with E-state index in [0.29, 0.717) is 5.92 Å². The Hall–Kier alpha value is -1.92. The number of allylic oxidation sites excluding steroid dienone is 4. The maximum atomic E-state index is 14.6. The van der Waals surface area contributed by atoms with Crippen LogP contribution in [0, 0.1) is 23.5 Å². The number of alkyl halides is 4. The molecule has 31 heavy (non-hydrogen) atoms. The van der Waals surface area contributed by atoms with Gasteiger partial charge < -0.3 is 4.74 Å². The summed E-state index contributed by atoms with van der Waals surface area (Å²) in [5.74, 6) is -11.7. The van der Waals surface area contributed by atoms with Gasteiger partial charge in [0.05, 0.1) is 6.61 Å². The molecule has 1 aromatic carbocycles. The highest BCUT2D eigenvalue weighted by Crippen LogP contribution is 2.52. The fourth-order valence-corrected chi connectivity index (χ4v) is 4.52. The van der Waals surface area contributed by atoms with Crippen LogP contribution in [0.15, 0.2) is 29.9 Å². The average Bonchev–Trinajstić information content (AvgIpc) is 2.73. The van der Waals surface area contributed by atoms with Crippen LogP contribution in [0.4, 0.5) is 26.3 Å². The molecule has 2 aliphatic carbocycles. The molecule has 0 bridgehead atoms. The van der Waals surface area contributed by atoms with Gasteiger partial charge in [-0.05, 0) is 43.2 Å². The minimum Gasteiger partial charge on any atom is -0.490 e. The van der Waals surface area contributed by atoms with E-state index in [1.807, 2.05) is 0 Å². The Bertz CT molecular complexity index is 850. The molecular formula is C24H28F6O. The van der Waals surface area contributed by atoms with Gasteiger partial charge in [-0.1, -0.05) is 51.7 Å². The quantitative estimate of drug-likeness (QED) is 0.386. The first-order valence-corrected chi connectivity index (χ1v) is 10.9. The van der Waals surface area contributed by atoms with Crippen LogP contribution in [0.3, 0.4) is 0 Å². The number of ether oxygens (including phenoxy) is 1. The summed E-state index contributed by atoms with van der Waals surface area (Å²) in [7, 11) is 0. The van der Waals surface area contributed by atoms with Crippen molar-refractivity contribution in [2.24, 2.45) is 11.8 Å². The molecule has 0 aromatic heterocycles. The fraction of sp³-hybridized carbons (Fsp3) is 0.583. The second-order valence-electron chi connectivity index (χ2n) is 8.50. The molecule has 0 atom stereocenters. The first-order valence-electron chi connectivity index (χ1n) is 10.9. The summed E-state index contributed by atoms with van der Waals surface area (Å²) in [5.41, 5.74) is -2.89. The lowest BCUT2D eigenvalue weighted by Gasteiger charge is -2.33. The van der Waals surface area contributed by atoms with Gasteiger partial charge in [-0.3, -0.25) is 0 Å². The maximum absolute atomic E-state index is 14.6. The lowest BCUT2D eigenvalue weighted by atomic mass is 9.80. The van der Waals surface area contributed by atoms with Crippen LogP contribution < -0.4 is 4.74 Å². The van der Waals surface area contributed by atoms with E-state index in [-0.39, 0.29) is 18.9 Å². The number of halogens is 6. The van der Waals surface area contributed by atoms with Crippen LogP contribution in [-0.4, -0.2) is 18.5 Å². The molecule has 0 N–H and O–H groups in total. The predicted molar refractivity (Wildman–Crippen MR) is 108 cm³/mol. The Balaban J connectivity index is 1.76. The van der Waals surface area contributed by atoms with Crippen molar-refractivity contribution in [1.29, 1.82) is 0 Å². The summed E-state index contributed by atoms with van der Waals surface area (Å²) in [5, 5.41) is 0. The van der Waals surface area contributed by atoms with E-state index in [2.05, 4.69) is 6.92 Å². The van der Waals surface area contributed by atoms with Crippen molar-refractivity contribution in [3.05, 3.63) is 47.1 Å². The lowest BCUT2D eigenvalue weighted by Crippen LogP contribution is -2.44. The second kappa shape index (κ2) is 9.29. The van der Waals surface area contributed by atoms with Gasteiger partial charge in [-0.15, -0.1) is 0 Å². The van der Waals surface area contributed by atoms with E-state index in [1.54, 1.807) is 0 Å². The van der Waals surface area contributed by atoms with Crippen molar-refractivity contribution in [2.45, 2.75) is 70.6 Å². The molecule has 1 nitrogen and oxygen atoms in total. The van der Waals surface area contributed by atoms with Crippen LogP contribution in [0.25, 0.3) is 5.57 Å². The Morgan fingerprint density at radius 1 is 0.871 bits per heavy atom. The van der Waals surface area contributed by atoms with Crippen molar-refractivity contribution in [1.82, 2.24) is 0 Å². The van der Waals surface area contributed by atoms with E-state index in [4.69, 9.17) is 4.74 Å². The largest absolute Gasteiger partial charge is 0.490 e. The van der Waals surface area contributed by atoms with E-state index in [0.717, 1.165) is 56.4 Å². The number of rotatable bonds is 7. The van der Waals surface area contributed by atoms with Gasteiger partial charge in [-0.25, -0.2) is 4.39 Å². The van der Waals surface area contributed by atoms with Gasteiger partial charge in [0.15, 0.2) is 11.6 Å². The zero-order valence-corrected chi connectivity index (χ0v) is 17.8. The molecule has 0 saturated heterocycles. The van der Waals surface area contributed by atoms with Crippen molar-refractivity contribution in [3.63, 3.8) is 0 Å². The van der Waals surface area contributed by atoms with Crippen molar-refractivity contribution in [3.8, 4) is 5.75 Å². The normalized spacial score (nSPS) is 25.0. The number of hydrogen-bond acceptors (Lipinski definition) is 1. The Morgan fingerprint density at radius 3 is 2.13 bits per heavy atom. The molecule has 7 heteroatoms. The van der Waals surface area contributed by atoms with Crippen molar-refractivity contribution >= 4 is 5.57 Å². The molecule has 0 radical (unpaired) electrons. The van der Waals surface area contributed by atoms with E-state index in [9.17, 15) is 26.3 Å². The molecule has 3 rings (SSSR count). The molecule has 0 spiro atoms. The first-order chi connectivity index (χ1) is 14.6. The predicted octanol–water partition coefficient (Wildman–Crippen LogP) is 7.95. The summed E-state index contributed by atoms with van der Waals surface area (Å²) in [6.07, 6.45) is 7.65. The molecule has 0 unspecified atom stereocenters. The van der Waals surface area contributed by atoms with Crippen LogP contribution in [0.2, 0.25) is 0 Å². The van der Waals surface area contributed by atoms with E-state index < -0.39 is 45.9 Å². The number of hydrogen-bond donors (Lipinski definition) is 0. The smallest absolute Gasteiger partial charge is 0.340 e. The summed E-state index contributed by atoms with van der Waals surface area (Å²) in [6, 6.07) is 1.91. The third-order valence-corrected chi connectivity index (χ3v) is 6.44. The summed E-state index contributed by atoms with van der Waals surface area (Å²) in [6.45, 7) is 3.68. The molecule has 2 aliphatic rings. The SMILES string of the molecule is CCCC1CCC(COc2ccc(C3=CC=C(CC)C(F)(F)C3(F)F)c(F)c2F)CC1. The lowest BCUT2D eigenvalue weighted by molar-refractivity contribution is -0.149. The molecular weight excluding hydrogens is 418 g/mol. The Kier molecular flexibility index (Phi) is 7.11. The molecule has 0 amide bonds. The maximum Gasteiger partial charge on any atom is 0.340 e. The highest BCUT2D eigenvalue weighted by atomic mass is 19.3.